The quantitative estimate of drug-likeness (QED) is 0.512. The van der Waals surface area contributed by atoms with E-state index in [4.69, 9.17) is 4.74 Å². The van der Waals surface area contributed by atoms with E-state index in [0.29, 0.717) is 34.5 Å². The molecule has 0 radical (unpaired) electrons. The molecule has 0 heterocycles. The average Bonchev–Trinajstić information content (AvgIpc) is 2.65. The van der Waals surface area contributed by atoms with Gasteiger partial charge in [-0.2, -0.15) is 0 Å². The molecule has 3 rings (SSSR count). The Hall–Kier alpha value is -2.46. The van der Waals surface area contributed by atoms with E-state index < -0.39 is 0 Å². The topological polar surface area (TPSA) is 55.4 Å². The third-order valence-corrected chi connectivity index (χ3v) is 4.46. The van der Waals surface area contributed by atoms with E-state index in [-0.39, 0.29) is 17.8 Å². The lowest BCUT2D eigenvalue weighted by molar-refractivity contribution is 0.0676. The van der Waals surface area contributed by atoms with Crippen LogP contribution in [-0.4, -0.2) is 24.4 Å². The second kappa shape index (κ2) is 7.62. The van der Waals surface area contributed by atoms with Crippen molar-refractivity contribution in [1.82, 2.24) is 0 Å². The van der Waals surface area contributed by atoms with Crippen LogP contribution in [0.2, 0.25) is 0 Å². The van der Waals surface area contributed by atoms with Crippen LogP contribution in [-0.2, 0) is 4.74 Å². The zero-order valence-electron chi connectivity index (χ0n) is 14.7. The van der Waals surface area contributed by atoms with Gasteiger partial charge in [0.1, 0.15) is 6.23 Å². The number of unbranched alkanes of at least 4 members (excludes halogenated alkanes) is 1. The molecule has 25 heavy (non-hydrogen) atoms. The molecule has 1 N–H and O–H groups in total. The van der Waals surface area contributed by atoms with Crippen LogP contribution in [0, 0.1) is 0 Å². The summed E-state index contributed by atoms with van der Waals surface area (Å²) in [4.78, 5) is 25.7. The summed E-state index contributed by atoms with van der Waals surface area (Å²) in [7, 11) is 0. The van der Waals surface area contributed by atoms with Crippen LogP contribution in [0.4, 0.5) is 5.69 Å². The molecule has 2 aromatic carbocycles. The first-order valence-electron chi connectivity index (χ1n) is 8.87. The predicted octanol–water partition coefficient (Wildman–Crippen LogP) is 4.43. The Morgan fingerprint density at radius 2 is 1.60 bits per heavy atom. The summed E-state index contributed by atoms with van der Waals surface area (Å²) in [5.41, 5.74) is 2.51. The summed E-state index contributed by atoms with van der Waals surface area (Å²) in [6.45, 7) is 4.82. The maximum absolute atomic E-state index is 13.0. The van der Waals surface area contributed by atoms with Crippen LogP contribution in [0.5, 0.6) is 0 Å². The molecule has 0 aliphatic heterocycles. The Kier molecular flexibility index (Phi) is 5.29. The molecule has 0 spiro atoms. The van der Waals surface area contributed by atoms with Crippen LogP contribution in [0.25, 0.3) is 0 Å². The van der Waals surface area contributed by atoms with Gasteiger partial charge in [0.25, 0.3) is 0 Å². The van der Waals surface area contributed by atoms with E-state index in [1.807, 2.05) is 13.0 Å². The Balaban J connectivity index is 1.94. The fraction of sp³-hybridized carbons (Fsp3) is 0.333. The molecule has 0 amide bonds. The highest BCUT2D eigenvalue weighted by Gasteiger charge is 2.31. The number of anilines is 1. The van der Waals surface area contributed by atoms with Crippen molar-refractivity contribution in [2.24, 2.45) is 0 Å². The number of benzene rings is 2. The smallest absolute Gasteiger partial charge is 0.196 e. The van der Waals surface area contributed by atoms with Gasteiger partial charge in [-0.05, 0) is 18.9 Å². The Bertz CT molecular complexity index is 797. The Morgan fingerprint density at radius 1 is 0.920 bits per heavy atom. The van der Waals surface area contributed by atoms with Crippen LogP contribution < -0.4 is 5.32 Å². The molecule has 1 aliphatic carbocycles. The summed E-state index contributed by atoms with van der Waals surface area (Å²) in [5.74, 6) is -0.217. The number of ketones is 2. The number of carbonyl (C=O) groups is 2. The summed E-state index contributed by atoms with van der Waals surface area (Å²) < 4.78 is 5.85. The monoisotopic (exact) mass is 337 g/mol. The molecule has 1 aliphatic rings. The van der Waals surface area contributed by atoms with Crippen molar-refractivity contribution in [3.63, 3.8) is 0 Å². The number of hydrogen-bond donors (Lipinski definition) is 1. The van der Waals surface area contributed by atoms with Gasteiger partial charge in [0.2, 0.25) is 0 Å². The van der Waals surface area contributed by atoms with Crippen molar-refractivity contribution in [2.75, 3.05) is 11.9 Å². The van der Waals surface area contributed by atoms with Crippen molar-refractivity contribution >= 4 is 17.3 Å². The van der Waals surface area contributed by atoms with E-state index in [0.717, 1.165) is 19.3 Å². The normalized spacial score (nSPS) is 14.0. The van der Waals surface area contributed by atoms with E-state index in [1.54, 1.807) is 36.4 Å². The maximum atomic E-state index is 13.0. The molecule has 130 valence electrons. The lowest BCUT2D eigenvalue weighted by Crippen LogP contribution is -2.27. The number of carbonyl (C=O) groups excluding carboxylic acids is 2. The molecule has 0 fully saturated rings. The van der Waals surface area contributed by atoms with Gasteiger partial charge in [-0.15, -0.1) is 0 Å². The average molecular weight is 337 g/mol. The Labute approximate surface area is 148 Å². The lowest BCUT2D eigenvalue weighted by atomic mass is 9.83. The van der Waals surface area contributed by atoms with Gasteiger partial charge in [-0.3, -0.25) is 9.59 Å². The first-order chi connectivity index (χ1) is 12.2. The molecule has 0 saturated heterocycles. The minimum Gasteiger partial charge on any atom is -0.360 e. The Morgan fingerprint density at radius 3 is 2.28 bits per heavy atom. The zero-order valence-corrected chi connectivity index (χ0v) is 14.7. The lowest BCUT2D eigenvalue weighted by Gasteiger charge is -2.24. The minimum atomic E-state index is -0.182. The fourth-order valence-electron chi connectivity index (χ4n) is 3.07. The molecule has 0 saturated carbocycles. The number of ether oxygens (including phenoxy) is 1. The number of hydrogen-bond acceptors (Lipinski definition) is 4. The van der Waals surface area contributed by atoms with Gasteiger partial charge in [0, 0.05) is 29.0 Å². The SMILES string of the molecule is CCCCOC(CC)Nc1cccc2c1C(=O)c1ccccc1C2=O. The predicted molar refractivity (Wildman–Crippen MR) is 98.3 cm³/mol. The standard InChI is InChI=1S/C21H23NO3/c1-3-5-13-25-18(4-2)22-17-12-8-11-16-19(17)21(24)15-10-7-6-9-14(15)20(16)23/h6-12,18,22H,3-5,13H2,1-2H3. The third-order valence-electron chi connectivity index (χ3n) is 4.46. The van der Waals surface area contributed by atoms with E-state index in [1.165, 1.54) is 0 Å². The van der Waals surface area contributed by atoms with Crippen molar-refractivity contribution in [3.05, 3.63) is 64.7 Å². The van der Waals surface area contributed by atoms with Gasteiger partial charge < -0.3 is 10.1 Å². The number of rotatable bonds is 7. The van der Waals surface area contributed by atoms with Gasteiger partial charge in [-0.1, -0.05) is 56.7 Å². The number of fused-ring (bicyclic) bond motifs is 2. The van der Waals surface area contributed by atoms with Crippen molar-refractivity contribution in [2.45, 2.75) is 39.3 Å². The zero-order chi connectivity index (χ0) is 17.8. The second-order valence-electron chi connectivity index (χ2n) is 6.20. The molecule has 4 heteroatoms. The summed E-state index contributed by atoms with van der Waals surface area (Å²) in [5, 5.41) is 3.30. The highest BCUT2D eigenvalue weighted by Crippen LogP contribution is 2.32. The first kappa shape index (κ1) is 17.4. The van der Waals surface area contributed by atoms with E-state index >= 15 is 0 Å². The van der Waals surface area contributed by atoms with Gasteiger partial charge in [0.05, 0.1) is 5.56 Å². The third kappa shape index (κ3) is 3.35. The fourth-order valence-corrected chi connectivity index (χ4v) is 3.07. The second-order valence-corrected chi connectivity index (χ2v) is 6.20. The minimum absolute atomic E-state index is 0.103. The largest absolute Gasteiger partial charge is 0.360 e. The molecule has 4 nitrogen and oxygen atoms in total. The van der Waals surface area contributed by atoms with Crippen LogP contribution >= 0.6 is 0 Å². The first-order valence-corrected chi connectivity index (χ1v) is 8.87. The summed E-state index contributed by atoms with van der Waals surface area (Å²) in [6.07, 6.45) is 2.65. The van der Waals surface area contributed by atoms with E-state index in [9.17, 15) is 9.59 Å². The summed E-state index contributed by atoms with van der Waals surface area (Å²) in [6, 6.07) is 12.4. The molecule has 1 unspecified atom stereocenters. The van der Waals surface area contributed by atoms with Crippen molar-refractivity contribution in [1.29, 1.82) is 0 Å². The number of nitrogens with one attached hydrogen (secondary N) is 1. The van der Waals surface area contributed by atoms with Crippen molar-refractivity contribution in [3.8, 4) is 0 Å². The van der Waals surface area contributed by atoms with Crippen molar-refractivity contribution < 1.29 is 14.3 Å². The van der Waals surface area contributed by atoms with Crippen LogP contribution in [0.15, 0.2) is 42.5 Å². The molecular weight excluding hydrogens is 314 g/mol. The highest BCUT2D eigenvalue weighted by atomic mass is 16.5. The van der Waals surface area contributed by atoms with Crippen LogP contribution in [0.1, 0.15) is 65.0 Å². The van der Waals surface area contributed by atoms with Gasteiger partial charge >= 0.3 is 0 Å². The summed E-state index contributed by atoms with van der Waals surface area (Å²) >= 11 is 0. The highest BCUT2D eigenvalue weighted by molar-refractivity contribution is 6.30. The molecule has 0 bridgehead atoms. The molecule has 1 atom stereocenters. The molecular formula is C21H23NO3. The van der Waals surface area contributed by atoms with E-state index in [2.05, 4.69) is 12.2 Å². The van der Waals surface area contributed by atoms with Crippen LogP contribution in [0.3, 0.4) is 0 Å². The van der Waals surface area contributed by atoms with Gasteiger partial charge in [0.15, 0.2) is 11.6 Å². The van der Waals surface area contributed by atoms with Gasteiger partial charge in [-0.25, -0.2) is 0 Å². The molecule has 0 aromatic heterocycles. The maximum Gasteiger partial charge on any atom is 0.196 e. The molecule has 2 aromatic rings.